The van der Waals surface area contributed by atoms with E-state index in [-0.39, 0.29) is 11.8 Å². The summed E-state index contributed by atoms with van der Waals surface area (Å²) >= 11 is 0. The lowest BCUT2D eigenvalue weighted by Crippen LogP contribution is -2.30. The van der Waals surface area contributed by atoms with Crippen molar-refractivity contribution in [2.24, 2.45) is 11.7 Å². The van der Waals surface area contributed by atoms with Crippen molar-refractivity contribution in [2.75, 3.05) is 19.6 Å². The third-order valence-electron chi connectivity index (χ3n) is 6.35. The number of unbranched alkanes of at least 4 members (excludes halogenated alkanes) is 13. The van der Waals surface area contributed by atoms with Crippen molar-refractivity contribution in [2.45, 2.75) is 137 Å². The number of nitrogens with two attached hydrogens (primary N) is 1. The molecule has 0 aromatic rings. The number of amides is 1. The normalized spacial score (nSPS) is 12.8. The fraction of sp³-hybridized carbons (Fsp3) is 0.926. The van der Waals surface area contributed by atoms with Gasteiger partial charge in [0.25, 0.3) is 0 Å². The van der Waals surface area contributed by atoms with Crippen molar-refractivity contribution in [1.29, 1.82) is 0 Å². The number of carbonyl (C=O) groups is 2. The van der Waals surface area contributed by atoms with Crippen LogP contribution < -0.4 is 5.73 Å². The highest BCUT2D eigenvalue weighted by Gasteiger charge is 2.15. The summed E-state index contributed by atoms with van der Waals surface area (Å²) in [4.78, 5) is 23.5. The van der Waals surface area contributed by atoms with Crippen LogP contribution in [0.1, 0.15) is 130 Å². The number of nitrogens with zero attached hydrogens (tertiary/aromatic N) is 1. The molecule has 0 aliphatic rings. The monoisotopic (exact) mass is 472 g/mol. The number of primary amides is 1. The van der Waals surface area contributed by atoms with Gasteiger partial charge in [0.05, 0.1) is 0 Å². The number of aliphatic hydroxyl groups excluding tert-OH is 1. The van der Waals surface area contributed by atoms with Crippen LogP contribution in [0.3, 0.4) is 0 Å². The highest BCUT2D eigenvalue weighted by atomic mass is 16.4. The Hall–Kier alpha value is -1.14. The van der Waals surface area contributed by atoms with Gasteiger partial charge in [-0.25, -0.2) is 4.79 Å². The summed E-state index contributed by atoms with van der Waals surface area (Å²) in [6, 6.07) is 0. The van der Waals surface area contributed by atoms with Crippen LogP contribution >= 0.6 is 0 Å². The van der Waals surface area contributed by atoms with Gasteiger partial charge >= 0.3 is 5.97 Å². The number of rotatable bonds is 22. The van der Waals surface area contributed by atoms with E-state index in [4.69, 9.17) is 15.9 Å². The zero-order valence-corrected chi connectivity index (χ0v) is 22.3. The van der Waals surface area contributed by atoms with E-state index < -0.39 is 12.1 Å². The van der Waals surface area contributed by atoms with E-state index in [1.54, 1.807) is 0 Å². The van der Waals surface area contributed by atoms with Crippen LogP contribution in [-0.2, 0) is 9.59 Å². The zero-order chi connectivity index (χ0) is 25.3. The van der Waals surface area contributed by atoms with Gasteiger partial charge in [-0.15, -0.1) is 0 Å². The minimum Gasteiger partial charge on any atom is -0.479 e. The topological polar surface area (TPSA) is 104 Å². The average Bonchev–Trinajstić information content (AvgIpc) is 2.78. The van der Waals surface area contributed by atoms with E-state index in [0.29, 0.717) is 0 Å². The van der Waals surface area contributed by atoms with Gasteiger partial charge in [0.15, 0.2) is 0 Å². The lowest BCUT2D eigenvalue weighted by Gasteiger charge is -2.21. The van der Waals surface area contributed by atoms with Gasteiger partial charge in [-0.05, 0) is 39.4 Å². The molecule has 0 heterocycles. The van der Waals surface area contributed by atoms with Gasteiger partial charge in [-0.2, -0.15) is 0 Å². The van der Waals surface area contributed by atoms with E-state index in [2.05, 4.69) is 25.7 Å². The van der Waals surface area contributed by atoms with E-state index in [1.807, 2.05) is 0 Å². The molecule has 0 aliphatic heterocycles. The fourth-order valence-corrected chi connectivity index (χ4v) is 3.89. The van der Waals surface area contributed by atoms with Gasteiger partial charge in [0, 0.05) is 5.92 Å². The first-order valence-corrected chi connectivity index (χ1v) is 13.7. The molecule has 6 nitrogen and oxygen atoms in total. The summed E-state index contributed by atoms with van der Waals surface area (Å²) in [6.45, 7) is 10.9. The summed E-state index contributed by atoms with van der Waals surface area (Å²) in [7, 11) is 0. The van der Waals surface area contributed by atoms with Crippen molar-refractivity contribution in [1.82, 2.24) is 4.90 Å². The Morgan fingerprint density at radius 3 is 1.39 bits per heavy atom. The standard InChI is InChI=1S/C24H50N2O.C3H6O3/c1-4-7-8-9-10-11-12-13-14-15-16-17-18-19-20-23(24(25)27)21-22-26(5-2)6-3;1-2(4)3(5)6/h23H,4-22H2,1-3H3,(H2,25,27);2,4H,1H3,(H,5,6). The van der Waals surface area contributed by atoms with Crippen molar-refractivity contribution in [3.8, 4) is 0 Å². The molecule has 2 unspecified atom stereocenters. The summed E-state index contributed by atoms with van der Waals surface area (Å²) < 4.78 is 0. The molecule has 0 aromatic carbocycles. The molecule has 198 valence electrons. The highest BCUT2D eigenvalue weighted by Crippen LogP contribution is 2.17. The molecule has 0 radical (unpaired) electrons. The van der Waals surface area contributed by atoms with Crippen LogP contribution in [0.4, 0.5) is 0 Å². The molecule has 4 N–H and O–H groups in total. The number of carboxylic acids is 1. The van der Waals surface area contributed by atoms with E-state index in [1.165, 1.54) is 90.4 Å². The van der Waals surface area contributed by atoms with Gasteiger partial charge in [-0.3, -0.25) is 4.79 Å². The minimum atomic E-state index is -1.23. The fourth-order valence-electron chi connectivity index (χ4n) is 3.89. The van der Waals surface area contributed by atoms with E-state index in [9.17, 15) is 9.59 Å². The molecule has 1 amide bonds. The van der Waals surface area contributed by atoms with Crippen LogP contribution in [0.25, 0.3) is 0 Å². The molecule has 0 rings (SSSR count). The predicted octanol–water partition coefficient (Wildman–Crippen LogP) is 6.14. The van der Waals surface area contributed by atoms with Crippen LogP contribution in [-0.4, -0.2) is 52.7 Å². The summed E-state index contributed by atoms with van der Waals surface area (Å²) in [5.41, 5.74) is 5.60. The first-order chi connectivity index (χ1) is 15.8. The van der Waals surface area contributed by atoms with Crippen molar-refractivity contribution < 1.29 is 19.8 Å². The summed E-state index contributed by atoms with van der Waals surface area (Å²) in [6.07, 6.45) is 19.9. The number of hydrogen-bond acceptors (Lipinski definition) is 4. The zero-order valence-electron chi connectivity index (χ0n) is 22.3. The smallest absolute Gasteiger partial charge is 0.332 e. The maximum Gasteiger partial charge on any atom is 0.332 e. The predicted molar refractivity (Wildman–Crippen MR) is 139 cm³/mol. The second-order valence-electron chi connectivity index (χ2n) is 9.31. The SMILES string of the molecule is CC(O)C(=O)O.CCCCCCCCCCCCCCCCC(CCN(CC)CC)C(N)=O. The Morgan fingerprint density at radius 2 is 1.09 bits per heavy atom. The van der Waals surface area contributed by atoms with E-state index >= 15 is 0 Å². The summed E-state index contributed by atoms with van der Waals surface area (Å²) in [5.74, 6) is -1.21. The molecule has 6 heteroatoms. The van der Waals surface area contributed by atoms with Crippen LogP contribution in [0, 0.1) is 5.92 Å². The second kappa shape index (κ2) is 25.5. The molecule has 0 aromatic heterocycles. The second-order valence-corrected chi connectivity index (χ2v) is 9.31. The molecule has 0 saturated carbocycles. The third kappa shape index (κ3) is 25.3. The maximum absolute atomic E-state index is 11.7. The molecule has 0 fully saturated rings. The molecular formula is C27H56N2O4. The Morgan fingerprint density at radius 1 is 0.727 bits per heavy atom. The number of aliphatic hydroxyl groups is 1. The average molecular weight is 473 g/mol. The molecule has 0 saturated heterocycles. The van der Waals surface area contributed by atoms with Crippen LogP contribution in [0.5, 0.6) is 0 Å². The molecule has 33 heavy (non-hydrogen) atoms. The Balaban J connectivity index is 0. The maximum atomic E-state index is 11.7. The van der Waals surface area contributed by atoms with Crippen molar-refractivity contribution in [3.63, 3.8) is 0 Å². The van der Waals surface area contributed by atoms with Crippen molar-refractivity contribution in [3.05, 3.63) is 0 Å². The molecule has 2 atom stereocenters. The summed E-state index contributed by atoms with van der Waals surface area (Å²) in [5, 5.41) is 15.8. The van der Waals surface area contributed by atoms with Gasteiger partial charge in [-0.1, -0.05) is 111 Å². The largest absolute Gasteiger partial charge is 0.479 e. The molecule has 0 aliphatic carbocycles. The number of carboxylic acid groups (broad SMARTS) is 1. The van der Waals surface area contributed by atoms with Crippen LogP contribution in [0.15, 0.2) is 0 Å². The lowest BCUT2D eigenvalue weighted by atomic mass is 9.96. The third-order valence-corrected chi connectivity index (χ3v) is 6.35. The van der Waals surface area contributed by atoms with Gasteiger partial charge < -0.3 is 20.8 Å². The Labute approximate surface area is 204 Å². The quantitative estimate of drug-likeness (QED) is 0.164. The lowest BCUT2D eigenvalue weighted by molar-refractivity contribution is -0.145. The Kier molecular flexibility index (Phi) is 26.3. The molecule has 0 bridgehead atoms. The first kappa shape index (κ1) is 34.0. The number of hydrogen-bond donors (Lipinski definition) is 3. The van der Waals surface area contributed by atoms with Crippen LogP contribution in [0.2, 0.25) is 0 Å². The van der Waals surface area contributed by atoms with Gasteiger partial charge in [0.1, 0.15) is 6.10 Å². The minimum absolute atomic E-state index is 0.0722. The molecule has 0 spiro atoms. The Bertz CT molecular complexity index is 440. The first-order valence-electron chi connectivity index (χ1n) is 13.7. The number of aliphatic carboxylic acids is 1. The number of carbonyl (C=O) groups excluding carboxylic acids is 1. The molecular weight excluding hydrogens is 416 g/mol. The van der Waals surface area contributed by atoms with Crippen molar-refractivity contribution >= 4 is 11.9 Å². The van der Waals surface area contributed by atoms with Gasteiger partial charge in [0.2, 0.25) is 5.91 Å². The van der Waals surface area contributed by atoms with E-state index in [0.717, 1.165) is 38.9 Å². The highest BCUT2D eigenvalue weighted by molar-refractivity contribution is 5.76.